The Hall–Kier alpha value is -2.28. The standard InChI is InChI=1S/C19H17Cl2N3O3/c1-23-5-4-13-17(23)14(19(25)24-6-8-26-9-7-24)11-22-18(13)27-16-10-12(20)2-3-15(16)21/h2-5,10-11H,6-9H2,1H3. The summed E-state index contributed by atoms with van der Waals surface area (Å²) in [6, 6.07) is 6.85. The van der Waals surface area contributed by atoms with Gasteiger partial charge in [-0.3, -0.25) is 4.79 Å². The number of nitrogens with zero attached hydrogens (tertiary/aromatic N) is 3. The largest absolute Gasteiger partial charge is 0.437 e. The first-order chi connectivity index (χ1) is 13.0. The van der Waals surface area contributed by atoms with Crippen molar-refractivity contribution in [2.45, 2.75) is 0 Å². The molecule has 1 saturated heterocycles. The molecule has 27 heavy (non-hydrogen) atoms. The zero-order valence-electron chi connectivity index (χ0n) is 14.6. The molecular weight excluding hydrogens is 389 g/mol. The van der Waals surface area contributed by atoms with Crippen LogP contribution in [-0.2, 0) is 11.8 Å². The monoisotopic (exact) mass is 405 g/mol. The number of carbonyl (C=O) groups excluding carboxylic acids is 1. The van der Waals surface area contributed by atoms with Crippen LogP contribution in [0.4, 0.5) is 0 Å². The molecule has 0 bridgehead atoms. The number of halogens is 2. The van der Waals surface area contributed by atoms with Gasteiger partial charge >= 0.3 is 0 Å². The highest BCUT2D eigenvalue weighted by Gasteiger charge is 2.24. The third-order valence-corrected chi connectivity index (χ3v) is 5.05. The van der Waals surface area contributed by atoms with Crippen molar-refractivity contribution in [3.8, 4) is 11.6 Å². The molecule has 0 radical (unpaired) electrons. The van der Waals surface area contributed by atoms with E-state index in [0.717, 1.165) is 10.9 Å². The van der Waals surface area contributed by atoms with Gasteiger partial charge in [0.05, 0.1) is 34.7 Å². The van der Waals surface area contributed by atoms with Crippen LogP contribution in [0.3, 0.4) is 0 Å². The smallest absolute Gasteiger partial charge is 0.257 e. The highest BCUT2D eigenvalue weighted by molar-refractivity contribution is 6.34. The average Bonchev–Trinajstić information content (AvgIpc) is 3.07. The third kappa shape index (κ3) is 3.48. The van der Waals surface area contributed by atoms with Gasteiger partial charge in [-0.15, -0.1) is 0 Å². The molecule has 3 aromatic rings. The van der Waals surface area contributed by atoms with E-state index in [1.54, 1.807) is 29.3 Å². The van der Waals surface area contributed by atoms with E-state index in [2.05, 4.69) is 4.98 Å². The number of ether oxygens (including phenoxy) is 2. The number of hydrogen-bond acceptors (Lipinski definition) is 4. The van der Waals surface area contributed by atoms with Crippen molar-refractivity contribution in [3.63, 3.8) is 0 Å². The van der Waals surface area contributed by atoms with E-state index in [4.69, 9.17) is 32.7 Å². The average molecular weight is 406 g/mol. The summed E-state index contributed by atoms with van der Waals surface area (Å²) in [7, 11) is 1.88. The zero-order chi connectivity index (χ0) is 19.0. The van der Waals surface area contributed by atoms with Gasteiger partial charge in [0.25, 0.3) is 5.91 Å². The first kappa shape index (κ1) is 18.1. The lowest BCUT2D eigenvalue weighted by molar-refractivity contribution is 0.0303. The molecule has 140 valence electrons. The van der Waals surface area contributed by atoms with E-state index in [1.807, 2.05) is 23.9 Å². The van der Waals surface area contributed by atoms with E-state index in [-0.39, 0.29) is 5.91 Å². The highest BCUT2D eigenvalue weighted by atomic mass is 35.5. The number of hydrogen-bond donors (Lipinski definition) is 0. The van der Waals surface area contributed by atoms with E-state index < -0.39 is 0 Å². The lowest BCUT2D eigenvalue weighted by Gasteiger charge is -2.27. The zero-order valence-corrected chi connectivity index (χ0v) is 16.1. The summed E-state index contributed by atoms with van der Waals surface area (Å²) in [5.41, 5.74) is 1.29. The summed E-state index contributed by atoms with van der Waals surface area (Å²) in [5.74, 6) is 0.715. The minimum absolute atomic E-state index is 0.0649. The van der Waals surface area contributed by atoms with Crippen molar-refractivity contribution in [1.82, 2.24) is 14.5 Å². The second kappa shape index (κ2) is 7.38. The predicted molar refractivity (Wildman–Crippen MR) is 104 cm³/mol. The molecule has 6 nitrogen and oxygen atoms in total. The van der Waals surface area contributed by atoms with Crippen molar-refractivity contribution in [2.75, 3.05) is 26.3 Å². The second-order valence-corrected chi connectivity index (χ2v) is 7.09. The van der Waals surface area contributed by atoms with Crippen LogP contribution in [0.2, 0.25) is 10.0 Å². The number of benzene rings is 1. The molecule has 0 aliphatic carbocycles. The summed E-state index contributed by atoms with van der Waals surface area (Å²) >= 11 is 12.2. The van der Waals surface area contributed by atoms with Crippen LogP contribution < -0.4 is 4.74 Å². The van der Waals surface area contributed by atoms with Crippen molar-refractivity contribution >= 4 is 40.0 Å². The summed E-state index contributed by atoms with van der Waals surface area (Å²) in [6.07, 6.45) is 3.42. The Morgan fingerprint density at radius 2 is 2.00 bits per heavy atom. The summed E-state index contributed by atoms with van der Waals surface area (Å²) in [4.78, 5) is 19.1. The molecule has 1 aromatic carbocycles. The number of morpholine rings is 1. The number of aryl methyl sites for hydroxylation is 1. The Morgan fingerprint density at radius 3 is 2.78 bits per heavy atom. The van der Waals surface area contributed by atoms with E-state index in [9.17, 15) is 4.79 Å². The first-order valence-corrected chi connectivity index (χ1v) is 9.24. The van der Waals surface area contributed by atoms with Crippen LogP contribution in [0.5, 0.6) is 11.6 Å². The maximum atomic E-state index is 13.0. The fraction of sp³-hybridized carbons (Fsp3) is 0.263. The number of carbonyl (C=O) groups is 1. The number of amides is 1. The van der Waals surface area contributed by atoms with Crippen molar-refractivity contribution in [1.29, 1.82) is 0 Å². The Balaban J connectivity index is 1.74. The van der Waals surface area contributed by atoms with E-state index in [1.165, 1.54) is 0 Å². The van der Waals surface area contributed by atoms with E-state index >= 15 is 0 Å². The number of fused-ring (bicyclic) bond motifs is 1. The molecule has 0 spiro atoms. The van der Waals surface area contributed by atoms with Gasteiger partial charge in [0.2, 0.25) is 5.88 Å². The third-order valence-electron chi connectivity index (χ3n) is 4.50. The fourth-order valence-corrected chi connectivity index (χ4v) is 3.44. The Morgan fingerprint density at radius 1 is 1.22 bits per heavy atom. The van der Waals surface area contributed by atoms with E-state index in [0.29, 0.717) is 53.5 Å². The van der Waals surface area contributed by atoms with Crippen molar-refractivity contribution in [2.24, 2.45) is 7.05 Å². The number of aromatic nitrogens is 2. The van der Waals surface area contributed by atoms with Gasteiger partial charge in [-0.25, -0.2) is 4.98 Å². The molecule has 0 unspecified atom stereocenters. The molecule has 3 heterocycles. The molecule has 0 N–H and O–H groups in total. The van der Waals surface area contributed by atoms with Crippen molar-refractivity contribution < 1.29 is 14.3 Å². The Kier molecular flexibility index (Phi) is 4.95. The predicted octanol–water partition coefficient (Wildman–Crippen LogP) is 4.14. The molecule has 4 rings (SSSR count). The topological polar surface area (TPSA) is 56.6 Å². The number of pyridine rings is 1. The molecule has 2 aromatic heterocycles. The summed E-state index contributed by atoms with van der Waals surface area (Å²) < 4.78 is 13.1. The molecular formula is C19H17Cl2N3O3. The Labute approximate surface area is 166 Å². The summed E-state index contributed by atoms with van der Waals surface area (Å²) in [6.45, 7) is 2.23. The molecule has 1 amide bonds. The minimum Gasteiger partial charge on any atom is -0.437 e. The van der Waals surface area contributed by atoms with Gasteiger partial charge in [-0.1, -0.05) is 23.2 Å². The quantitative estimate of drug-likeness (QED) is 0.656. The minimum atomic E-state index is -0.0649. The van der Waals surface area contributed by atoms with Gasteiger partial charge in [-0.2, -0.15) is 0 Å². The molecule has 8 heteroatoms. The van der Waals surface area contributed by atoms with Gasteiger partial charge in [0.15, 0.2) is 0 Å². The first-order valence-electron chi connectivity index (χ1n) is 8.48. The van der Waals surface area contributed by atoms with Gasteiger partial charge in [-0.05, 0) is 18.2 Å². The molecule has 1 aliphatic heterocycles. The maximum absolute atomic E-state index is 13.0. The van der Waals surface area contributed by atoms with Crippen LogP contribution in [0.1, 0.15) is 10.4 Å². The normalized spacial score (nSPS) is 14.6. The highest BCUT2D eigenvalue weighted by Crippen LogP contribution is 2.35. The molecule has 1 fully saturated rings. The molecule has 0 saturated carbocycles. The maximum Gasteiger partial charge on any atom is 0.257 e. The lowest BCUT2D eigenvalue weighted by Crippen LogP contribution is -2.40. The second-order valence-electron chi connectivity index (χ2n) is 6.25. The van der Waals surface area contributed by atoms with Crippen LogP contribution in [0.25, 0.3) is 10.9 Å². The van der Waals surface area contributed by atoms with Crippen LogP contribution in [-0.4, -0.2) is 46.7 Å². The van der Waals surface area contributed by atoms with Gasteiger partial charge in [0.1, 0.15) is 5.75 Å². The van der Waals surface area contributed by atoms with Crippen molar-refractivity contribution in [3.05, 3.63) is 52.3 Å². The molecule has 0 atom stereocenters. The Bertz CT molecular complexity index is 1010. The summed E-state index contributed by atoms with van der Waals surface area (Å²) in [5, 5.41) is 1.67. The fourth-order valence-electron chi connectivity index (χ4n) is 3.13. The molecule has 1 aliphatic rings. The SMILES string of the molecule is Cn1ccc2c(Oc3cc(Cl)ccc3Cl)ncc(C(=O)N3CCOCC3)c21. The van der Waals surface area contributed by atoms with Gasteiger partial charge < -0.3 is 18.9 Å². The van der Waals surface area contributed by atoms with Crippen LogP contribution in [0, 0.1) is 0 Å². The van der Waals surface area contributed by atoms with Crippen LogP contribution in [0.15, 0.2) is 36.7 Å². The lowest BCUT2D eigenvalue weighted by atomic mass is 10.1. The van der Waals surface area contributed by atoms with Gasteiger partial charge in [0, 0.05) is 43.6 Å². The number of rotatable bonds is 3. The van der Waals surface area contributed by atoms with Crippen LogP contribution >= 0.6 is 23.2 Å².